The van der Waals surface area contributed by atoms with Crippen LogP contribution in [-0.2, 0) is 19.1 Å². The van der Waals surface area contributed by atoms with E-state index in [1.165, 1.54) is 0 Å². The monoisotopic (exact) mass is 493 g/mol. The number of rotatable bonds is 2. The second kappa shape index (κ2) is 11.0. The molecule has 0 spiro atoms. The van der Waals surface area contributed by atoms with Gasteiger partial charge in [-0.1, -0.05) is 34.1 Å². The molecule has 0 aliphatic carbocycles. The number of nitrogens with zero attached hydrogens (tertiary/aromatic N) is 1. The first-order valence-corrected chi connectivity index (χ1v) is 13.1. The summed E-state index contributed by atoms with van der Waals surface area (Å²) in [6, 6.07) is 0. The van der Waals surface area contributed by atoms with Gasteiger partial charge >= 0.3 is 5.97 Å². The van der Waals surface area contributed by atoms with E-state index in [0.29, 0.717) is 6.42 Å². The van der Waals surface area contributed by atoms with Crippen molar-refractivity contribution in [2.45, 2.75) is 104 Å². The van der Waals surface area contributed by atoms with E-state index in [0.717, 1.165) is 35.5 Å². The molecule has 0 bridgehead atoms. The van der Waals surface area contributed by atoms with Crippen LogP contribution in [0, 0.1) is 24.2 Å². The highest BCUT2D eigenvalue weighted by Crippen LogP contribution is 2.36. The summed E-state index contributed by atoms with van der Waals surface area (Å²) in [6.07, 6.45) is 2.28. The molecule has 34 heavy (non-hydrogen) atoms. The lowest BCUT2D eigenvalue weighted by molar-refractivity contribution is -0.154. The number of aryl methyl sites for hydroxylation is 1. The summed E-state index contributed by atoms with van der Waals surface area (Å²) in [7, 11) is 0. The number of ketones is 1. The van der Waals surface area contributed by atoms with E-state index in [2.05, 4.69) is 4.98 Å². The number of cyclic esters (lactones) is 1. The number of hydrogen-bond donors (Lipinski definition) is 2. The van der Waals surface area contributed by atoms with Gasteiger partial charge in [0.15, 0.2) is 0 Å². The molecule has 7 atom stereocenters. The van der Waals surface area contributed by atoms with Gasteiger partial charge in [0.25, 0.3) is 0 Å². The van der Waals surface area contributed by atoms with Crippen LogP contribution >= 0.6 is 11.3 Å². The maximum Gasteiger partial charge on any atom is 0.309 e. The molecule has 0 radical (unpaired) electrons. The van der Waals surface area contributed by atoms with E-state index in [1.54, 1.807) is 32.1 Å². The third-order valence-electron chi connectivity index (χ3n) is 7.41. The highest BCUT2D eigenvalue weighted by Gasteiger charge is 2.44. The standard InChI is InChI=1S/C26H39NO6S/c1-14-8-7-9-19-21(32-19)11-20(15(2)10-18-13-34-17(4)27-18)33-23(29)12-22(28)26(5,6)25(31)16(3)24(14)30/h10,13-14,16,19-22,24,28,30H,7-9,11-12H2,1-6H3/b15-10+/t14?,16?,19?,20-,21?,22?,24-/m0/s1. The molecule has 8 heteroatoms. The quantitative estimate of drug-likeness (QED) is 0.472. The van der Waals surface area contributed by atoms with Gasteiger partial charge in [-0.2, -0.15) is 0 Å². The minimum atomic E-state index is -1.22. The number of carbonyl (C=O) groups excluding carboxylic acids is 2. The Morgan fingerprint density at radius 2 is 1.91 bits per heavy atom. The van der Waals surface area contributed by atoms with Gasteiger partial charge in [0, 0.05) is 17.7 Å². The number of ether oxygens (including phenoxy) is 2. The van der Waals surface area contributed by atoms with Gasteiger partial charge in [0.05, 0.1) is 47.0 Å². The lowest BCUT2D eigenvalue weighted by Gasteiger charge is -2.34. The second-order valence-electron chi connectivity index (χ2n) is 10.6. The van der Waals surface area contributed by atoms with Crippen LogP contribution in [0.15, 0.2) is 11.0 Å². The number of carbonyl (C=O) groups is 2. The van der Waals surface area contributed by atoms with Crippen LogP contribution in [0.1, 0.15) is 77.4 Å². The number of aliphatic hydroxyl groups is 2. The topological polar surface area (TPSA) is 109 Å². The third-order valence-corrected chi connectivity index (χ3v) is 8.20. The SMILES string of the molecule is C/C(=C\c1csc(C)n1)[C@@H]1CC2OC2CCCC(C)[C@H](O)C(C)C(=O)C(C)(C)C(O)CC(=O)O1. The highest BCUT2D eigenvalue weighted by atomic mass is 32.1. The Labute approximate surface area is 206 Å². The fraction of sp³-hybridized carbons (Fsp3) is 0.731. The molecule has 0 saturated carbocycles. The van der Waals surface area contributed by atoms with Crippen molar-refractivity contribution in [3.63, 3.8) is 0 Å². The van der Waals surface area contributed by atoms with Crippen molar-refractivity contribution in [3.8, 4) is 0 Å². The summed E-state index contributed by atoms with van der Waals surface area (Å²) in [5.74, 6) is -1.52. The lowest BCUT2D eigenvalue weighted by atomic mass is 9.73. The van der Waals surface area contributed by atoms with E-state index in [4.69, 9.17) is 9.47 Å². The Morgan fingerprint density at radius 1 is 1.21 bits per heavy atom. The maximum atomic E-state index is 13.2. The van der Waals surface area contributed by atoms with E-state index >= 15 is 0 Å². The van der Waals surface area contributed by atoms with Crippen molar-refractivity contribution < 1.29 is 29.3 Å². The molecule has 3 heterocycles. The molecule has 1 aromatic heterocycles. The molecular formula is C26H39NO6S. The molecule has 3 rings (SSSR count). The van der Waals surface area contributed by atoms with Crippen molar-refractivity contribution in [3.05, 3.63) is 21.7 Å². The summed E-state index contributed by atoms with van der Waals surface area (Å²) < 4.78 is 11.7. The number of aliphatic hydroxyl groups excluding tert-OH is 2. The van der Waals surface area contributed by atoms with Gasteiger partial charge < -0.3 is 19.7 Å². The summed E-state index contributed by atoms with van der Waals surface area (Å²) in [5.41, 5.74) is 0.494. The van der Waals surface area contributed by atoms with E-state index in [1.807, 2.05) is 32.2 Å². The molecule has 2 saturated heterocycles. The Bertz CT molecular complexity index is 909. The number of esters is 1. The lowest BCUT2D eigenvalue weighted by Crippen LogP contribution is -2.45. The Morgan fingerprint density at radius 3 is 2.56 bits per heavy atom. The van der Waals surface area contributed by atoms with Gasteiger partial charge in [0.2, 0.25) is 0 Å². The van der Waals surface area contributed by atoms with Crippen LogP contribution in [0.3, 0.4) is 0 Å². The largest absolute Gasteiger partial charge is 0.458 e. The van der Waals surface area contributed by atoms with Crippen molar-refractivity contribution in [1.82, 2.24) is 4.98 Å². The average molecular weight is 494 g/mol. The van der Waals surface area contributed by atoms with Gasteiger partial charge in [-0.3, -0.25) is 9.59 Å². The van der Waals surface area contributed by atoms with Crippen molar-refractivity contribution in [2.75, 3.05) is 0 Å². The normalized spacial score (nSPS) is 36.0. The van der Waals surface area contributed by atoms with Crippen LogP contribution in [0.4, 0.5) is 0 Å². The van der Waals surface area contributed by atoms with E-state index < -0.39 is 35.6 Å². The first-order chi connectivity index (χ1) is 15.9. The molecule has 2 fully saturated rings. The minimum Gasteiger partial charge on any atom is -0.458 e. The number of fused-ring (bicyclic) bond motifs is 1. The summed E-state index contributed by atoms with van der Waals surface area (Å²) >= 11 is 1.56. The zero-order valence-corrected chi connectivity index (χ0v) is 21.9. The molecule has 2 aliphatic rings. The second-order valence-corrected chi connectivity index (χ2v) is 11.7. The first kappa shape index (κ1) is 27.0. The predicted molar refractivity (Wildman–Crippen MR) is 131 cm³/mol. The van der Waals surface area contributed by atoms with E-state index in [9.17, 15) is 19.8 Å². The molecule has 2 aliphatic heterocycles. The van der Waals surface area contributed by atoms with Crippen LogP contribution in [0.25, 0.3) is 6.08 Å². The van der Waals surface area contributed by atoms with Crippen LogP contribution in [0.2, 0.25) is 0 Å². The van der Waals surface area contributed by atoms with Gasteiger partial charge in [0.1, 0.15) is 11.9 Å². The maximum absolute atomic E-state index is 13.2. The Kier molecular flexibility index (Phi) is 8.71. The summed E-state index contributed by atoms with van der Waals surface area (Å²) in [4.78, 5) is 30.5. The Balaban J connectivity index is 1.81. The van der Waals surface area contributed by atoms with Crippen molar-refractivity contribution in [1.29, 1.82) is 0 Å². The van der Waals surface area contributed by atoms with E-state index in [-0.39, 0.29) is 30.3 Å². The average Bonchev–Trinajstić information content (AvgIpc) is 3.38. The number of epoxide rings is 1. The molecular weight excluding hydrogens is 454 g/mol. The number of hydrogen-bond acceptors (Lipinski definition) is 8. The summed E-state index contributed by atoms with van der Waals surface area (Å²) in [6.45, 7) is 10.8. The zero-order chi connectivity index (χ0) is 25.2. The zero-order valence-electron chi connectivity index (χ0n) is 21.1. The number of aromatic nitrogens is 1. The molecule has 7 nitrogen and oxygen atoms in total. The molecule has 0 aromatic carbocycles. The molecule has 190 valence electrons. The van der Waals surface area contributed by atoms with Crippen molar-refractivity contribution >= 4 is 29.2 Å². The fourth-order valence-corrected chi connectivity index (χ4v) is 5.35. The predicted octanol–water partition coefficient (Wildman–Crippen LogP) is 4.09. The highest BCUT2D eigenvalue weighted by molar-refractivity contribution is 7.09. The first-order valence-electron chi connectivity index (χ1n) is 12.3. The molecule has 1 aromatic rings. The van der Waals surface area contributed by atoms with Crippen molar-refractivity contribution in [2.24, 2.45) is 17.3 Å². The molecule has 5 unspecified atom stereocenters. The van der Waals surface area contributed by atoms with Gasteiger partial charge in [-0.15, -0.1) is 11.3 Å². The summed E-state index contributed by atoms with van der Waals surface area (Å²) in [5, 5.41) is 24.5. The minimum absolute atomic E-state index is 0.00770. The van der Waals surface area contributed by atoms with Crippen LogP contribution < -0.4 is 0 Å². The smallest absolute Gasteiger partial charge is 0.309 e. The molecule has 2 N–H and O–H groups in total. The number of thiazole rings is 1. The van der Waals surface area contributed by atoms with Gasteiger partial charge in [-0.05, 0) is 44.3 Å². The molecule has 0 amide bonds. The van der Waals surface area contributed by atoms with Gasteiger partial charge in [-0.25, -0.2) is 4.98 Å². The Hall–Kier alpha value is -1.61. The van der Waals surface area contributed by atoms with Crippen LogP contribution in [0.5, 0.6) is 0 Å². The van der Waals surface area contributed by atoms with Crippen LogP contribution in [-0.4, -0.2) is 57.5 Å². The number of Topliss-reactive ketones (excluding diaryl/α,β-unsaturated/α-hetero) is 1. The third kappa shape index (κ3) is 6.53. The fourth-order valence-electron chi connectivity index (χ4n) is 4.78.